The summed E-state index contributed by atoms with van der Waals surface area (Å²) in [6.07, 6.45) is 2.23. The van der Waals surface area contributed by atoms with Gasteiger partial charge in [0.25, 0.3) is 0 Å². The first-order valence-corrected chi connectivity index (χ1v) is 9.09. The number of rotatable bonds is 4. The first kappa shape index (κ1) is 14.5. The molecule has 5 aromatic rings. The van der Waals surface area contributed by atoms with E-state index in [2.05, 4.69) is 73.7 Å². The quantitative estimate of drug-likeness (QED) is 0.198. The molecule has 0 atom stereocenters. The molecule has 0 N–H and O–H groups in total. The van der Waals surface area contributed by atoms with Crippen molar-refractivity contribution in [1.82, 2.24) is 0 Å². The van der Waals surface area contributed by atoms with Gasteiger partial charge in [0, 0.05) is 10.8 Å². The largest absolute Gasteiger partial charge is 0.493 e. The molecule has 1 nitrogen and oxygen atoms in total. The Balaban J connectivity index is 2.00. The predicted molar refractivity (Wildman–Crippen MR) is 108 cm³/mol. The normalized spacial score (nSPS) is 11.9. The van der Waals surface area contributed by atoms with E-state index in [9.17, 15) is 0 Å². The Morgan fingerprint density at radius 2 is 1.32 bits per heavy atom. The van der Waals surface area contributed by atoms with Crippen molar-refractivity contribution >= 4 is 43.1 Å². The van der Waals surface area contributed by atoms with Crippen molar-refractivity contribution < 1.29 is 4.74 Å². The molecule has 0 radical (unpaired) electrons. The van der Waals surface area contributed by atoms with Crippen molar-refractivity contribution in [2.45, 2.75) is 19.8 Å². The zero-order chi connectivity index (χ0) is 16.8. The van der Waals surface area contributed by atoms with Crippen molar-refractivity contribution in [3.8, 4) is 5.75 Å². The van der Waals surface area contributed by atoms with E-state index in [0.717, 1.165) is 25.2 Å². The maximum Gasteiger partial charge on any atom is 0.127 e. The average Bonchev–Trinajstić information content (AvgIpc) is 2.67. The van der Waals surface area contributed by atoms with E-state index in [-0.39, 0.29) is 0 Å². The summed E-state index contributed by atoms with van der Waals surface area (Å²) in [7, 11) is 0. The summed E-state index contributed by atoms with van der Waals surface area (Å²) in [4.78, 5) is 0. The minimum atomic E-state index is 0.773. The highest BCUT2D eigenvalue weighted by Gasteiger charge is 2.16. The summed E-state index contributed by atoms with van der Waals surface area (Å²) >= 11 is 0. The van der Waals surface area contributed by atoms with Crippen LogP contribution in [0.5, 0.6) is 5.75 Å². The molecular weight excluding hydrogens is 304 g/mol. The van der Waals surface area contributed by atoms with Crippen LogP contribution in [-0.4, -0.2) is 6.61 Å². The Labute approximate surface area is 147 Å². The van der Waals surface area contributed by atoms with Gasteiger partial charge in [0.15, 0.2) is 0 Å². The van der Waals surface area contributed by atoms with Crippen LogP contribution in [0.1, 0.15) is 19.8 Å². The smallest absolute Gasteiger partial charge is 0.127 e. The van der Waals surface area contributed by atoms with Gasteiger partial charge in [-0.1, -0.05) is 74.0 Å². The van der Waals surface area contributed by atoms with E-state index in [1.54, 1.807) is 0 Å². The van der Waals surface area contributed by atoms with Crippen LogP contribution in [0.15, 0.2) is 66.7 Å². The minimum absolute atomic E-state index is 0.773. The van der Waals surface area contributed by atoms with Gasteiger partial charge in [-0.15, -0.1) is 0 Å². The van der Waals surface area contributed by atoms with Crippen molar-refractivity contribution in [3.63, 3.8) is 0 Å². The Morgan fingerprint density at radius 1 is 0.640 bits per heavy atom. The van der Waals surface area contributed by atoms with Gasteiger partial charge in [0.05, 0.1) is 6.61 Å². The molecule has 0 aliphatic heterocycles. The lowest BCUT2D eigenvalue weighted by atomic mass is 9.89. The molecule has 25 heavy (non-hydrogen) atoms. The van der Waals surface area contributed by atoms with Crippen LogP contribution >= 0.6 is 0 Å². The summed E-state index contributed by atoms with van der Waals surface area (Å²) in [5, 5.41) is 10.4. The maximum absolute atomic E-state index is 6.21. The standard InChI is InChI=1S/C24H20O/c1-2-3-15-25-21-14-13-17-12-11-16-7-6-10-19-18-8-4-5-9-20(18)24(21)23(17)22(16)19/h4-14H,2-3,15H2,1H3. The highest BCUT2D eigenvalue weighted by molar-refractivity contribution is 6.34. The van der Waals surface area contributed by atoms with Gasteiger partial charge < -0.3 is 4.74 Å². The van der Waals surface area contributed by atoms with Crippen LogP contribution in [0.2, 0.25) is 0 Å². The third-order valence-corrected chi connectivity index (χ3v) is 5.23. The van der Waals surface area contributed by atoms with Gasteiger partial charge in [-0.25, -0.2) is 0 Å². The summed E-state index contributed by atoms with van der Waals surface area (Å²) in [6, 6.07) is 24.1. The number of unbranched alkanes of at least 4 members (excludes halogenated alkanes) is 1. The Morgan fingerprint density at radius 3 is 2.16 bits per heavy atom. The van der Waals surface area contributed by atoms with Crippen molar-refractivity contribution in [2.24, 2.45) is 0 Å². The van der Waals surface area contributed by atoms with E-state index in [0.29, 0.717) is 0 Å². The van der Waals surface area contributed by atoms with Gasteiger partial charge in [-0.3, -0.25) is 0 Å². The third kappa shape index (κ3) is 2.09. The summed E-state index contributed by atoms with van der Waals surface area (Å²) < 4.78 is 6.21. The number of hydrogen-bond acceptors (Lipinski definition) is 1. The number of benzene rings is 5. The van der Waals surface area contributed by atoms with Gasteiger partial charge in [-0.2, -0.15) is 0 Å². The van der Waals surface area contributed by atoms with Gasteiger partial charge in [-0.05, 0) is 44.8 Å². The lowest BCUT2D eigenvalue weighted by Crippen LogP contribution is -1.98. The average molecular weight is 324 g/mol. The first-order valence-electron chi connectivity index (χ1n) is 9.09. The maximum atomic E-state index is 6.21. The number of fused-ring (bicyclic) bond motifs is 3. The van der Waals surface area contributed by atoms with Crippen molar-refractivity contribution in [2.75, 3.05) is 6.61 Å². The second kappa shape index (κ2) is 5.63. The second-order valence-corrected chi connectivity index (χ2v) is 6.75. The lowest BCUT2D eigenvalue weighted by molar-refractivity contribution is 0.313. The monoisotopic (exact) mass is 324 g/mol. The topological polar surface area (TPSA) is 9.23 Å². The van der Waals surface area contributed by atoms with Crippen LogP contribution in [0, 0.1) is 0 Å². The van der Waals surface area contributed by atoms with Gasteiger partial charge in [0.2, 0.25) is 0 Å². The first-order chi connectivity index (χ1) is 12.4. The molecule has 0 bridgehead atoms. The molecule has 0 saturated carbocycles. The van der Waals surface area contributed by atoms with E-state index < -0.39 is 0 Å². The highest BCUT2D eigenvalue weighted by Crippen LogP contribution is 2.44. The van der Waals surface area contributed by atoms with E-state index in [1.165, 1.54) is 43.1 Å². The van der Waals surface area contributed by atoms with E-state index >= 15 is 0 Å². The number of hydrogen-bond donors (Lipinski definition) is 0. The van der Waals surface area contributed by atoms with Crippen molar-refractivity contribution in [3.05, 3.63) is 66.7 Å². The molecule has 5 rings (SSSR count). The molecule has 0 spiro atoms. The third-order valence-electron chi connectivity index (χ3n) is 5.23. The molecule has 0 saturated heterocycles. The minimum Gasteiger partial charge on any atom is -0.493 e. The summed E-state index contributed by atoms with van der Waals surface area (Å²) in [6.45, 7) is 2.97. The highest BCUT2D eigenvalue weighted by atomic mass is 16.5. The summed E-state index contributed by atoms with van der Waals surface area (Å²) in [5.41, 5.74) is 0. The molecule has 0 aliphatic carbocycles. The molecule has 1 heteroatoms. The SMILES string of the molecule is CCCCOc1ccc2ccc3cccc4c5ccccc5c1c2c34. The fourth-order valence-corrected chi connectivity index (χ4v) is 4.05. The van der Waals surface area contributed by atoms with Crippen LogP contribution in [0.3, 0.4) is 0 Å². The molecule has 0 aliphatic rings. The zero-order valence-corrected chi connectivity index (χ0v) is 14.4. The molecule has 0 unspecified atom stereocenters. The second-order valence-electron chi connectivity index (χ2n) is 6.75. The molecule has 0 fully saturated rings. The number of ether oxygens (including phenoxy) is 1. The Bertz CT molecular complexity index is 1200. The fraction of sp³-hybridized carbons (Fsp3) is 0.167. The van der Waals surface area contributed by atoms with Crippen LogP contribution in [-0.2, 0) is 0 Å². The lowest BCUT2D eigenvalue weighted by Gasteiger charge is -2.17. The molecule has 0 aromatic heterocycles. The molecular formula is C24H20O. The van der Waals surface area contributed by atoms with E-state index in [4.69, 9.17) is 4.74 Å². The molecule has 0 amide bonds. The van der Waals surface area contributed by atoms with Crippen LogP contribution < -0.4 is 4.74 Å². The predicted octanol–water partition coefficient (Wildman–Crippen LogP) is 6.92. The fourth-order valence-electron chi connectivity index (χ4n) is 4.05. The summed E-state index contributed by atoms with van der Waals surface area (Å²) in [5.74, 6) is 1.01. The molecule has 122 valence electrons. The van der Waals surface area contributed by atoms with Crippen LogP contribution in [0.4, 0.5) is 0 Å². The molecule has 5 aromatic carbocycles. The Hall–Kier alpha value is -2.80. The Kier molecular flexibility index (Phi) is 3.27. The van der Waals surface area contributed by atoms with Crippen LogP contribution in [0.25, 0.3) is 43.1 Å². The van der Waals surface area contributed by atoms with E-state index in [1.807, 2.05) is 0 Å². The molecule has 0 heterocycles. The van der Waals surface area contributed by atoms with Gasteiger partial charge >= 0.3 is 0 Å². The van der Waals surface area contributed by atoms with Crippen molar-refractivity contribution in [1.29, 1.82) is 0 Å². The van der Waals surface area contributed by atoms with Gasteiger partial charge in [0.1, 0.15) is 5.75 Å². The zero-order valence-electron chi connectivity index (χ0n) is 14.4.